The van der Waals surface area contributed by atoms with Crippen LogP contribution in [0, 0.1) is 0 Å². The lowest BCUT2D eigenvalue weighted by atomic mass is 11.8. The first-order valence-corrected chi connectivity index (χ1v) is 13.6. The molecule has 0 bridgehead atoms. The van der Waals surface area contributed by atoms with E-state index in [1.807, 2.05) is 0 Å². The maximum absolute atomic E-state index is 5.67. The van der Waals surface area contributed by atoms with Crippen LogP contribution in [-0.2, 0) is 0 Å². The number of hydrogen-bond acceptors (Lipinski definition) is 0. The molecule has 10 heavy (non-hydrogen) atoms. The lowest BCUT2D eigenvalue weighted by molar-refractivity contribution is 1.87. The average Bonchev–Trinajstić information content (AvgIpc) is 1.12. The zero-order valence-electron chi connectivity index (χ0n) is 7.76. The Hall–Kier alpha value is 1.20. The minimum absolute atomic E-state index is 0.799. The van der Waals surface area contributed by atoms with Crippen LogP contribution in [-0.4, -0.2) is 14.1 Å². The number of rotatable bonds is 0. The number of halogens is 2. The fourth-order valence-electron chi connectivity index (χ4n) is 0. The summed E-state index contributed by atoms with van der Waals surface area (Å²) in [6, 6.07) is 0. The predicted molar refractivity (Wildman–Crippen MR) is 61.5 cm³/mol. The molecule has 0 aromatic carbocycles. The third-order valence-corrected chi connectivity index (χ3v) is 0. The second kappa shape index (κ2) is 4.96. The summed E-state index contributed by atoms with van der Waals surface area (Å²) >= 11 is 9.18. The van der Waals surface area contributed by atoms with Crippen molar-refractivity contribution in [3.05, 3.63) is 0 Å². The summed E-state index contributed by atoms with van der Waals surface area (Å²) < 4.78 is 0. The fourth-order valence-corrected chi connectivity index (χ4v) is 0. The lowest BCUT2D eigenvalue weighted by Gasteiger charge is -1.98. The molecule has 0 aromatic heterocycles. The quantitative estimate of drug-likeness (QED) is 0.451. The van der Waals surface area contributed by atoms with Gasteiger partial charge in [-0.05, 0) is 0 Å². The molecule has 0 atom stereocenters. The molecule has 0 aliphatic carbocycles. The Labute approximate surface area is 79.7 Å². The van der Waals surface area contributed by atoms with Crippen LogP contribution in [0.3, 0.4) is 0 Å². The van der Waals surface area contributed by atoms with Crippen molar-refractivity contribution in [1.82, 2.24) is 0 Å². The molecule has 4 heteroatoms. The van der Waals surface area contributed by atoms with Gasteiger partial charge in [-0.2, -0.15) is 11.1 Å². The average molecular weight is 262 g/mol. The summed E-state index contributed by atoms with van der Waals surface area (Å²) in [5.74, 6) is 0. The molecule has 0 unspecified atom stereocenters. The Balaban J connectivity index is 0. The molecular formula is C6H18BrClSi2. The Morgan fingerprint density at radius 2 is 0.900 bits per heavy atom. The standard InChI is InChI=1S/C3H9BrSi.C3H9ClSi/c2*1-5(2,3)4/h2*1-3H3. The second-order valence-electron chi connectivity index (χ2n) is 4.13. The highest BCUT2D eigenvalue weighted by atomic mass is 79.9. The van der Waals surface area contributed by atoms with Gasteiger partial charge in [-0.25, -0.2) is 0 Å². The molecular weight excluding hydrogens is 244 g/mol. The van der Waals surface area contributed by atoms with E-state index in [0.717, 1.165) is 0 Å². The molecule has 64 valence electrons. The molecule has 0 heterocycles. The van der Waals surface area contributed by atoms with Gasteiger partial charge in [0.25, 0.3) is 0 Å². The van der Waals surface area contributed by atoms with E-state index in [-0.39, 0.29) is 0 Å². The monoisotopic (exact) mass is 260 g/mol. The first-order chi connectivity index (χ1) is 4.00. The molecule has 0 aliphatic rings. The van der Waals surface area contributed by atoms with Crippen LogP contribution in [0.5, 0.6) is 0 Å². The molecule has 0 aromatic rings. The highest BCUT2D eigenvalue weighted by Crippen LogP contribution is 2.07. The van der Waals surface area contributed by atoms with Crippen LogP contribution in [0.15, 0.2) is 0 Å². The van der Waals surface area contributed by atoms with E-state index in [1.54, 1.807) is 0 Å². The smallest absolute Gasteiger partial charge is 0.147 e. The molecule has 0 radical (unpaired) electrons. The molecule has 0 saturated heterocycles. The normalized spacial score (nSPS) is 12.0. The molecule has 0 rings (SSSR count). The second-order valence-corrected chi connectivity index (χ2v) is 22.9. The van der Waals surface area contributed by atoms with E-state index in [9.17, 15) is 0 Å². The van der Waals surface area contributed by atoms with Crippen LogP contribution in [0.1, 0.15) is 0 Å². The Bertz CT molecular complexity index is 58.7. The highest BCUT2D eigenvalue weighted by molar-refractivity contribution is 9.26. The van der Waals surface area contributed by atoms with Gasteiger partial charge < -0.3 is 0 Å². The third-order valence-electron chi connectivity index (χ3n) is 0. The Kier molecular flexibility index (Phi) is 6.83. The van der Waals surface area contributed by atoms with E-state index in [4.69, 9.17) is 11.1 Å². The van der Waals surface area contributed by atoms with Crippen LogP contribution in [0.2, 0.25) is 39.3 Å². The van der Waals surface area contributed by atoms with E-state index >= 15 is 0 Å². The fraction of sp³-hybridized carbons (Fsp3) is 1.00. The van der Waals surface area contributed by atoms with Gasteiger partial charge in [-0.15, -0.1) is 15.3 Å². The van der Waals surface area contributed by atoms with Crippen LogP contribution in [0.4, 0.5) is 0 Å². The molecule has 0 aliphatic heterocycles. The highest BCUT2D eigenvalue weighted by Gasteiger charge is 2.04. The first-order valence-electron chi connectivity index (χ1n) is 3.38. The van der Waals surface area contributed by atoms with E-state index in [0.29, 0.717) is 0 Å². The summed E-state index contributed by atoms with van der Waals surface area (Å²) in [4.78, 5) is 0. The van der Waals surface area contributed by atoms with Gasteiger partial charge in [-0.1, -0.05) is 39.3 Å². The summed E-state index contributed by atoms with van der Waals surface area (Å²) in [6.45, 7) is 12.2. The van der Waals surface area contributed by atoms with Gasteiger partial charge in [0.05, 0.1) is 0 Å². The van der Waals surface area contributed by atoms with Crippen molar-refractivity contribution in [2.45, 2.75) is 39.3 Å². The van der Waals surface area contributed by atoms with Gasteiger partial charge >= 0.3 is 0 Å². The third kappa shape index (κ3) is 427. The maximum atomic E-state index is 5.67. The minimum atomic E-state index is -1.14. The van der Waals surface area contributed by atoms with Gasteiger partial charge in [0.15, 0.2) is 0 Å². The van der Waals surface area contributed by atoms with Crippen molar-refractivity contribution < 1.29 is 0 Å². The van der Waals surface area contributed by atoms with Gasteiger partial charge in [-0.3, -0.25) is 0 Å². The van der Waals surface area contributed by atoms with Gasteiger partial charge in [0.2, 0.25) is 0 Å². The predicted octanol–water partition coefficient (Wildman–Crippen LogP) is 4.28. The van der Waals surface area contributed by atoms with E-state index in [1.165, 1.54) is 0 Å². The number of hydrogen-bond donors (Lipinski definition) is 0. The first kappa shape index (κ1) is 13.8. The summed E-state index contributed by atoms with van der Waals surface area (Å²) in [5, 5.41) is 0. The summed E-state index contributed by atoms with van der Waals surface area (Å²) in [7, 11) is -1.14. The summed E-state index contributed by atoms with van der Waals surface area (Å²) in [6.07, 6.45) is 0. The van der Waals surface area contributed by atoms with Gasteiger partial charge in [0.1, 0.15) is 14.1 Å². The maximum Gasteiger partial charge on any atom is 0.147 e. The summed E-state index contributed by atoms with van der Waals surface area (Å²) in [5.41, 5.74) is 0. The minimum Gasteiger partial charge on any atom is -0.168 e. The molecule has 0 amide bonds. The topological polar surface area (TPSA) is 0 Å². The van der Waals surface area contributed by atoms with Crippen molar-refractivity contribution >= 4 is 40.4 Å². The van der Waals surface area contributed by atoms with Gasteiger partial charge in [0, 0.05) is 0 Å². The molecule has 0 spiro atoms. The van der Waals surface area contributed by atoms with E-state index < -0.39 is 14.1 Å². The zero-order chi connectivity index (χ0) is 9.00. The largest absolute Gasteiger partial charge is 0.168 e. The SMILES string of the molecule is C[Si](C)(C)Br.C[Si](C)(C)Cl. The molecule has 0 saturated carbocycles. The Morgan fingerprint density at radius 1 is 0.900 bits per heavy atom. The van der Waals surface area contributed by atoms with Crippen molar-refractivity contribution in [1.29, 1.82) is 0 Å². The van der Waals surface area contributed by atoms with Crippen molar-refractivity contribution in [3.8, 4) is 0 Å². The molecule has 0 fully saturated rings. The van der Waals surface area contributed by atoms with Crippen LogP contribution in [0.25, 0.3) is 0 Å². The van der Waals surface area contributed by atoms with Crippen molar-refractivity contribution in [2.75, 3.05) is 0 Å². The molecule has 0 nitrogen and oxygen atoms in total. The Morgan fingerprint density at radius 3 is 0.900 bits per heavy atom. The molecule has 0 N–H and O–H groups in total. The van der Waals surface area contributed by atoms with Crippen LogP contribution >= 0.6 is 26.4 Å². The van der Waals surface area contributed by atoms with Crippen molar-refractivity contribution in [3.63, 3.8) is 0 Å². The van der Waals surface area contributed by atoms with Crippen LogP contribution < -0.4 is 0 Å². The van der Waals surface area contributed by atoms with E-state index in [2.05, 4.69) is 54.6 Å². The lowest BCUT2D eigenvalue weighted by Crippen LogP contribution is -2.06. The van der Waals surface area contributed by atoms with Crippen molar-refractivity contribution in [2.24, 2.45) is 0 Å². The zero-order valence-corrected chi connectivity index (χ0v) is 12.1.